The predicted molar refractivity (Wildman–Crippen MR) is 114 cm³/mol. The average molecular weight is 470 g/mol. The number of fused-ring (bicyclic) bond motifs is 1. The number of hydrogen-bond donors (Lipinski definition) is 1. The van der Waals surface area contributed by atoms with Gasteiger partial charge in [0.1, 0.15) is 0 Å². The summed E-state index contributed by atoms with van der Waals surface area (Å²) in [6.45, 7) is 4.99. The molecule has 0 aliphatic carbocycles. The molecule has 0 unspecified atom stereocenters. The molecular formula is C22H19Cl2F2NO4. The van der Waals surface area contributed by atoms with E-state index in [9.17, 15) is 23.5 Å². The number of benzene rings is 2. The fraction of sp³-hybridized carbons (Fsp3) is 0.273. The van der Waals surface area contributed by atoms with Crippen molar-refractivity contribution in [1.82, 2.24) is 4.57 Å². The summed E-state index contributed by atoms with van der Waals surface area (Å²) in [7, 11) is 0. The summed E-state index contributed by atoms with van der Waals surface area (Å²) in [4.78, 5) is 25.8. The summed E-state index contributed by atoms with van der Waals surface area (Å²) < 4.78 is 35.4. The molecule has 0 fully saturated rings. The minimum Gasteiger partial charge on any atom is -0.503 e. The van der Waals surface area contributed by atoms with E-state index in [1.54, 1.807) is 0 Å². The van der Waals surface area contributed by atoms with Crippen molar-refractivity contribution >= 4 is 46.0 Å². The smallest absolute Gasteiger partial charge is 0.313 e. The van der Waals surface area contributed by atoms with Crippen LogP contribution in [0.1, 0.15) is 47.8 Å². The second-order valence-electron chi connectivity index (χ2n) is 7.07. The van der Waals surface area contributed by atoms with Crippen LogP contribution in [0.3, 0.4) is 0 Å². The summed E-state index contributed by atoms with van der Waals surface area (Å²) >= 11 is 11.9. The predicted octanol–water partition coefficient (Wildman–Crippen LogP) is 5.99. The Kier molecular flexibility index (Phi) is 6.57. The first-order valence-corrected chi connectivity index (χ1v) is 10.2. The SMILES string of the molecule is CCCOC(=O)[C@@H](C)c1c(C)n(C(=O)c2ccc(Cl)c(Cl)c2)c2cc(F)c(O)c(F)c12. The number of aromatic hydroxyl groups is 1. The van der Waals surface area contributed by atoms with Crippen LogP contribution in [-0.2, 0) is 9.53 Å². The van der Waals surface area contributed by atoms with E-state index >= 15 is 0 Å². The lowest BCUT2D eigenvalue weighted by Crippen LogP contribution is -2.17. The number of carbonyl (C=O) groups excluding carboxylic acids is 2. The summed E-state index contributed by atoms with van der Waals surface area (Å²) in [5, 5.41) is 9.96. The number of hydrogen-bond acceptors (Lipinski definition) is 4. The normalized spacial score (nSPS) is 12.2. The van der Waals surface area contributed by atoms with Gasteiger partial charge in [0.25, 0.3) is 5.91 Å². The Hall–Kier alpha value is -2.64. The number of phenolic OH excluding ortho intramolecular Hbond substituents is 1. The van der Waals surface area contributed by atoms with Gasteiger partial charge in [0.05, 0.1) is 28.1 Å². The van der Waals surface area contributed by atoms with E-state index in [0.29, 0.717) is 6.42 Å². The minimum atomic E-state index is -1.26. The molecule has 0 bridgehead atoms. The standard InChI is InChI=1S/C22H19Cl2F2NO4/c1-4-7-31-22(30)10(2)17-11(3)27(16-9-15(25)20(28)19(26)18(16)17)21(29)12-5-6-13(23)14(24)8-12/h5-6,8-10,28H,4,7H2,1-3H3/t10-/m0/s1. The first-order valence-electron chi connectivity index (χ1n) is 9.48. The van der Waals surface area contributed by atoms with Crippen LogP contribution in [0.2, 0.25) is 10.0 Å². The van der Waals surface area contributed by atoms with Gasteiger partial charge in [-0.1, -0.05) is 30.1 Å². The van der Waals surface area contributed by atoms with Crippen LogP contribution < -0.4 is 0 Å². The van der Waals surface area contributed by atoms with Crippen LogP contribution in [0, 0.1) is 18.6 Å². The third-order valence-corrected chi connectivity index (χ3v) is 5.75. The van der Waals surface area contributed by atoms with Crippen molar-refractivity contribution in [3.05, 3.63) is 62.8 Å². The molecule has 0 radical (unpaired) electrons. The van der Waals surface area contributed by atoms with Crippen molar-refractivity contribution in [3.8, 4) is 5.75 Å². The molecule has 0 aliphatic heterocycles. The van der Waals surface area contributed by atoms with Gasteiger partial charge in [0.15, 0.2) is 17.4 Å². The number of rotatable bonds is 5. The summed E-state index contributed by atoms with van der Waals surface area (Å²) in [6, 6.07) is 5.04. The zero-order valence-corrected chi connectivity index (χ0v) is 18.4. The van der Waals surface area contributed by atoms with E-state index < -0.39 is 35.2 Å². The quantitative estimate of drug-likeness (QED) is 0.466. The Morgan fingerprint density at radius 3 is 2.48 bits per heavy atom. The molecule has 0 aliphatic rings. The van der Waals surface area contributed by atoms with Crippen molar-refractivity contribution in [3.63, 3.8) is 0 Å². The second-order valence-corrected chi connectivity index (χ2v) is 7.89. The van der Waals surface area contributed by atoms with Crippen LogP contribution >= 0.6 is 23.2 Å². The highest BCUT2D eigenvalue weighted by Gasteiger charge is 2.31. The number of phenols is 1. The number of carbonyl (C=O) groups is 2. The van der Waals surface area contributed by atoms with Gasteiger partial charge in [-0.25, -0.2) is 8.78 Å². The van der Waals surface area contributed by atoms with E-state index in [4.69, 9.17) is 27.9 Å². The van der Waals surface area contributed by atoms with Gasteiger partial charge in [-0.2, -0.15) is 0 Å². The van der Waals surface area contributed by atoms with Crippen LogP contribution in [0.15, 0.2) is 24.3 Å². The number of esters is 1. The Morgan fingerprint density at radius 2 is 1.87 bits per heavy atom. The Balaban J connectivity index is 2.29. The fourth-order valence-electron chi connectivity index (χ4n) is 3.51. The summed E-state index contributed by atoms with van der Waals surface area (Å²) in [5.41, 5.74) is 0.316. The maximum Gasteiger partial charge on any atom is 0.313 e. The average Bonchev–Trinajstić information content (AvgIpc) is 3.02. The van der Waals surface area contributed by atoms with Gasteiger partial charge >= 0.3 is 5.97 Å². The molecule has 31 heavy (non-hydrogen) atoms. The van der Waals surface area contributed by atoms with Gasteiger partial charge in [-0.3, -0.25) is 14.2 Å². The third-order valence-electron chi connectivity index (χ3n) is 5.01. The Bertz CT molecular complexity index is 1210. The number of ether oxygens (including phenoxy) is 1. The highest BCUT2D eigenvalue weighted by Crippen LogP contribution is 2.39. The van der Waals surface area contributed by atoms with E-state index in [0.717, 1.165) is 10.6 Å². The van der Waals surface area contributed by atoms with Crippen LogP contribution in [0.5, 0.6) is 5.75 Å². The lowest BCUT2D eigenvalue weighted by Gasteiger charge is -2.13. The van der Waals surface area contributed by atoms with Crippen molar-refractivity contribution < 1.29 is 28.2 Å². The van der Waals surface area contributed by atoms with Crippen LogP contribution in [0.25, 0.3) is 10.9 Å². The number of halogens is 4. The summed E-state index contributed by atoms with van der Waals surface area (Å²) in [6.07, 6.45) is 0.593. The van der Waals surface area contributed by atoms with Crippen LogP contribution in [0.4, 0.5) is 8.78 Å². The molecule has 2 aromatic carbocycles. The highest BCUT2D eigenvalue weighted by atomic mass is 35.5. The molecule has 1 atom stereocenters. The topological polar surface area (TPSA) is 68.5 Å². The Morgan fingerprint density at radius 1 is 1.19 bits per heavy atom. The molecule has 1 heterocycles. The van der Waals surface area contributed by atoms with Crippen molar-refractivity contribution in [2.75, 3.05) is 6.61 Å². The van der Waals surface area contributed by atoms with Gasteiger partial charge in [-0.15, -0.1) is 0 Å². The van der Waals surface area contributed by atoms with Crippen molar-refractivity contribution in [2.45, 2.75) is 33.1 Å². The van der Waals surface area contributed by atoms with Crippen molar-refractivity contribution in [1.29, 1.82) is 0 Å². The molecule has 1 aromatic heterocycles. The largest absolute Gasteiger partial charge is 0.503 e. The molecule has 9 heteroatoms. The van der Waals surface area contributed by atoms with E-state index in [-0.39, 0.29) is 44.4 Å². The molecule has 164 valence electrons. The van der Waals surface area contributed by atoms with Gasteiger partial charge in [0, 0.05) is 22.7 Å². The van der Waals surface area contributed by atoms with Crippen LogP contribution in [-0.4, -0.2) is 28.2 Å². The number of nitrogens with zero attached hydrogens (tertiary/aromatic N) is 1. The van der Waals surface area contributed by atoms with Gasteiger partial charge < -0.3 is 9.84 Å². The third kappa shape index (κ3) is 4.00. The number of aromatic nitrogens is 1. The second kappa shape index (κ2) is 8.85. The van der Waals surface area contributed by atoms with E-state index in [1.165, 1.54) is 32.0 Å². The lowest BCUT2D eigenvalue weighted by atomic mass is 9.97. The first kappa shape index (κ1) is 23.0. The monoisotopic (exact) mass is 469 g/mol. The zero-order chi connectivity index (χ0) is 23.0. The van der Waals surface area contributed by atoms with E-state index in [1.807, 2.05) is 6.92 Å². The molecule has 3 rings (SSSR count). The van der Waals surface area contributed by atoms with E-state index in [2.05, 4.69) is 0 Å². The lowest BCUT2D eigenvalue weighted by molar-refractivity contribution is -0.145. The fourth-order valence-corrected chi connectivity index (χ4v) is 3.80. The molecular weight excluding hydrogens is 451 g/mol. The zero-order valence-electron chi connectivity index (χ0n) is 16.9. The van der Waals surface area contributed by atoms with Crippen molar-refractivity contribution in [2.24, 2.45) is 0 Å². The summed E-state index contributed by atoms with van der Waals surface area (Å²) in [5.74, 6) is -5.93. The highest BCUT2D eigenvalue weighted by molar-refractivity contribution is 6.42. The molecule has 1 N–H and O–H groups in total. The van der Waals surface area contributed by atoms with Gasteiger partial charge in [0.2, 0.25) is 0 Å². The molecule has 0 spiro atoms. The molecule has 3 aromatic rings. The molecule has 0 amide bonds. The van der Waals surface area contributed by atoms with Gasteiger partial charge in [-0.05, 0) is 44.0 Å². The maximum absolute atomic E-state index is 15.0. The molecule has 5 nitrogen and oxygen atoms in total. The maximum atomic E-state index is 15.0. The molecule has 0 saturated carbocycles. The Labute approximate surface area is 187 Å². The minimum absolute atomic E-state index is 0.121. The first-order chi connectivity index (χ1) is 14.6. The molecule has 0 saturated heterocycles.